The third kappa shape index (κ3) is 1.72. The lowest BCUT2D eigenvalue weighted by Crippen LogP contribution is -2.28. The molecule has 0 radical (unpaired) electrons. The summed E-state index contributed by atoms with van der Waals surface area (Å²) in [5.74, 6) is -0.224. The van der Waals surface area contributed by atoms with Gasteiger partial charge in [0, 0.05) is 18.3 Å². The molecule has 5 heteroatoms. The first-order valence-electron chi connectivity index (χ1n) is 4.43. The summed E-state index contributed by atoms with van der Waals surface area (Å²) in [6, 6.07) is 1.64. The number of H-pyrrole nitrogens is 1. The third-order valence-electron chi connectivity index (χ3n) is 2.24. The molecule has 0 amide bonds. The Bertz CT molecular complexity index is 399. The Balaban J connectivity index is 2.29. The molecule has 0 saturated carbocycles. The van der Waals surface area contributed by atoms with Crippen LogP contribution in [0.15, 0.2) is 17.1 Å². The molecule has 0 bridgehead atoms. The van der Waals surface area contributed by atoms with Gasteiger partial charge in [-0.2, -0.15) is 0 Å². The van der Waals surface area contributed by atoms with Gasteiger partial charge in [-0.15, -0.1) is 0 Å². The predicted octanol–water partition coefficient (Wildman–Crippen LogP) is -0.157. The van der Waals surface area contributed by atoms with Crippen molar-refractivity contribution in [2.24, 2.45) is 0 Å². The number of ether oxygens (including phenoxy) is 1. The van der Waals surface area contributed by atoms with Gasteiger partial charge in [-0.1, -0.05) is 0 Å². The number of hydrogen-bond donors (Lipinski definition) is 1. The molecule has 1 fully saturated rings. The first-order chi connectivity index (χ1) is 6.77. The zero-order valence-electron chi connectivity index (χ0n) is 7.53. The lowest BCUT2D eigenvalue weighted by molar-refractivity contribution is -0.126. The molecular formula is C9H10N2O3. The van der Waals surface area contributed by atoms with Crippen molar-refractivity contribution in [1.82, 2.24) is 9.97 Å². The van der Waals surface area contributed by atoms with Gasteiger partial charge in [0.15, 0.2) is 0 Å². The molecule has 2 rings (SSSR count). The normalized spacial score (nSPS) is 22.3. The maximum absolute atomic E-state index is 11.5. The van der Waals surface area contributed by atoms with Crippen molar-refractivity contribution < 1.29 is 9.53 Å². The summed E-state index contributed by atoms with van der Waals surface area (Å²) < 4.78 is 5.18. The van der Waals surface area contributed by atoms with Crippen LogP contribution in [0.1, 0.15) is 18.0 Å². The molecule has 14 heavy (non-hydrogen) atoms. The average Bonchev–Trinajstić information content (AvgIpc) is 2.18. The molecule has 2 heterocycles. The zero-order valence-corrected chi connectivity index (χ0v) is 7.53. The van der Waals surface area contributed by atoms with Crippen LogP contribution in [0, 0.1) is 0 Å². The Kier molecular flexibility index (Phi) is 2.41. The molecule has 0 aromatic carbocycles. The Morgan fingerprint density at radius 2 is 2.36 bits per heavy atom. The summed E-state index contributed by atoms with van der Waals surface area (Å²) in [7, 11) is 0. The van der Waals surface area contributed by atoms with Gasteiger partial charge in [-0.3, -0.25) is 4.79 Å². The highest BCUT2D eigenvalue weighted by atomic mass is 16.5. The molecule has 1 saturated heterocycles. The molecule has 1 aliphatic heterocycles. The van der Waals surface area contributed by atoms with Gasteiger partial charge in [0.2, 0.25) is 0 Å². The topological polar surface area (TPSA) is 72.0 Å². The summed E-state index contributed by atoms with van der Waals surface area (Å²) in [6.07, 6.45) is 1.81. The SMILES string of the molecule is O=C1CCOCC1c1ccnc(=O)[nH]1. The highest BCUT2D eigenvalue weighted by molar-refractivity contribution is 5.86. The fourth-order valence-electron chi connectivity index (χ4n) is 1.49. The van der Waals surface area contributed by atoms with Crippen molar-refractivity contribution in [2.75, 3.05) is 13.2 Å². The maximum atomic E-state index is 11.5. The second kappa shape index (κ2) is 3.71. The van der Waals surface area contributed by atoms with E-state index < -0.39 is 5.69 Å². The van der Waals surface area contributed by atoms with Gasteiger partial charge >= 0.3 is 5.69 Å². The number of carbonyl (C=O) groups excluding carboxylic acids is 1. The van der Waals surface area contributed by atoms with Crippen LogP contribution in [0.3, 0.4) is 0 Å². The van der Waals surface area contributed by atoms with Gasteiger partial charge in [0.05, 0.1) is 19.1 Å². The highest BCUT2D eigenvalue weighted by Gasteiger charge is 2.25. The summed E-state index contributed by atoms with van der Waals surface area (Å²) in [5, 5.41) is 0. The van der Waals surface area contributed by atoms with Crippen LogP contribution in [0.4, 0.5) is 0 Å². The van der Waals surface area contributed by atoms with Gasteiger partial charge in [0.1, 0.15) is 5.78 Å². The maximum Gasteiger partial charge on any atom is 0.345 e. The van der Waals surface area contributed by atoms with Crippen LogP contribution in [0.2, 0.25) is 0 Å². The molecule has 1 aromatic rings. The van der Waals surface area contributed by atoms with Crippen molar-refractivity contribution in [3.05, 3.63) is 28.4 Å². The molecule has 1 atom stereocenters. The molecule has 1 aromatic heterocycles. The van der Waals surface area contributed by atoms with Gasteiger partial charge in [-0.25, -0.2) is 9.78 Å². The van der Waals surface area contributed by atoms with Crippen LogP contribution in [0.5, 0.6) is 0 Å². The number of carbonyl (C=O) groups is 1. The smallest absolute Gasteiger partial charge is 0.345 e. The lowest BCUT2D eigenvalue weighted by Gasteiger charge is -2.20. The van der Waals surface area contributed by atoms with E-state index in [-0.39, 0.29) is 11.7 Å². The standard InChI is InChI=1S/C9H10N2O3/c12-8-2-4-14-5-6(8)7-1-3-10-9(13)11-7/h1,3,6H,2,4-5H2,(H,10,11,13). The molecule has 0 aliphatic carbocycles. The fourth-order valence-corrected chi connectivity index (χ4v) is 1.49. The predicted molar refractivity (Wildman–Crippen MR) is 48.0 cm³/mol. The molecule has 1 aliphatic rings. The largest absolute Gasteiger partial charge is 0.380 e. The van der Waals surface area contributed by atoms with Crippen LogP contribution >= 0.6 is 0 Å². The lowest BCUT2D eigenvalue weighted by atomic mass is 9.97. The minimum atomic E-state index is -0.430. The molecule has 74 valence electrons. The van der Waals surface area contributed by atoms with E-state index in [1.54, 1.807) is 6.07 Å². The Morgan fingerprint density at radius 1 is 1.50 bits per heavy atom. The first-order valence-corrected chi connectivity index (χ1v) is 4.43. The van der Waals surface area contributed by atoms with Crippen molar-refractivity contribution in [3.8, 4) is 0 Å². The van der Waals surface area contributed by atoms with Crippen LogP contribution < -0.4 is 5.69 Å². The Hall–Kier alpha value is -1.49. The number of Topliss-reactive ketones (excluding diaryl/α,β-unsaturated/α-hetero) is 1. The van der Waals surface area contributed by atoms with Crippen molar-refractivity contribution in [3.63, 3.8) is 0 Å². The number of rotatable bonds is 1. The Labute approximate surface area is 80.1 Å². The van der Waals surface area contributed by atoms with Crippen LogP contribution in [-0.4, -0.2) is 29.0 Å². The number of aromatic nitrogens is 2. The molecule has 1 unspecified atom stereocenters. The van der Waals surface area contributed by atoms with Crippen molar-refractivity contribution >= 4 is 5.78 Å². The average molecular weight is 194 g/mol. The number of aromatic amines is 1. The highest BCUT2D eigenvalue weighted by Crippen LogP contribution is 2.19. The summed E-state index contributed by atoms with van der Waals surface area (Å²) in [5.41, 5.74) is 0.163. The fraction of sp³-hybridized carbons (Fsp3) is 0.444. The van der Waals surface area contributed by atoms with Crippen molar-refractivity contribution in [2.45, 2.75) is 12.3 Å². The van der Waals surface area contributed by atoms with E-state index in [0.29, 0.717) is 25.3 Å². The minimum Gasteiger partial charge on any atom is -0.380 e. The van der Waals surface area contributed by atoms with E-state index in [1.807, 2.05) is 0 Å². The van der Waals surface area contributed by atoms with Gasteiger partial charge in [0.25, 0.3) is 0 Å². The Morgan fingerprint density at radius 3 is 3.07 bits per heavy atom. The van der Waals surface area contributed by atoms with E-state index >= 15 is 0 Å². The van der Waals surface area contributed by atoms with Crippen LogP contribution in [-0.2, 0) is 9.53 Å². The number of nitrogens with zero attached hydrogens (tertiary/aromatic N) is 1. The molecular weight excluding hydrogens is 184 g/mol. The molecule has 0 spiro atoms. The van der Waals surface area contributed by atoms with E-state index in [2.05, 4.69) is 9.97 Å². The van der Waals surface area contributed by atoms with Crippen molar-refractivity contribution in [1.29, 1.82) is 0 Å². The molecule has 1 N–H and O–H groups in total. The van der Waals surface area contributed by atoms with E-state index in [4.69, 9.17) is 4.74 Å². The zero-order chi connectivity index (χ0) is 9.97. The van der Waals surface area contributed by atoms with E-state index in [9.17, 15) is 9.59 Å². The summed E-state index contributed by atoms with van der Waals surface area (Å²) >= 11 is 0. The third-order valence-corrected chi connectivity index (χ3v) is 2.24. The number of hydrogen-bond acceptors (Lipinski definition) is 4. The second-order valence-electron chi connectivity index (χ2n) is 3.17. The second-order valence-corrected chi connectivity index (χ2v) is 3.17. The number of nitrogens with one attached hydrogen (secondary N) is 1. The van der Waals surface area contributed by atoms with Gasteiger partial charge in [-0.05, 0) is 6.07 Å². The molecule has 5 nitrogen and oxygen atoms in total. The first kappa shape index (κ1) is 9.08. The monoisotopic (exact) mass is 194 g/mol. The quantitative estimate of drug-likeness (QED) is 0.674. The van der Waals surface area contributed by atoms with E-state index in [0.717, 1.165) is 0 Å². The summed E-state index contributed by atoms with van der Waals surface area (Å²) in [6.45, 7) is 0.823. The van der Waals surface area contributed by atoms with E-state index in [1.165, 1.54) is 6.20 Å². The number of ketones is 1. The van der Waals surface area contributed by atoms with Gasteiger partial charge < -0.3 is 9.72 Å². The van der Waals surface area contributed by atoms with Crippen LogP contribution in [0.25, 0.3) is 0 Å². The minimum absolute atomic E-state index is 0.109. The summed E-state index contributed by atoms with van der Waals surface area (Å²) in [4.78, 5) is 28.4.